The maximum Gasteiger partial charge on any atom is 0.129 e. The summed E-state index contributed by atoms with van der Waals surface area (Å²) in [4.78, 5) is 14.5. The fraction of sp³-hybridized carbons (Fsp3) is 0.151. The molecule has 3 heterocycles. The number of amidine groups is 1. The van der Waals surface area contributed by atoms with E-state index in [-0.39, 0.29) is 12.1 Å². The van der Waals surface area contributed by atoms with E-state index in [4.69, 9.17) is 9.98 Å². The highest BCUT2D eigenvalue weighted by Gasteiger charge is 2.24. The third kappa shape index (κ3) is 9.08. The van der Waals surface area contributed by atoms with Crippen LogP contribution in [0.3, 0.4) is 0 Å². The van der Waals surface area contributed by atoms with Gasteiger partial charge >= 0.3 is 0 Å². The zero-order valence-electron chi connectivity index (χ0n) is 34.0. The van der Waals surface area contributed by atoms with Crippen molar-refractivity contribution in [1.29, 1.82) is 0 Å². The average Bonchev–Trinajstić information content (AvgIpc) is 3.56. The van der Waals surface area contributed by atoms with Gasteiger partial charge in [0.2, 0.25) is 0 Å². The predicted octanol–water partition coefficient (Wildman–Crippen LogP) is 11.2. The third-order valence-electron chi connectivity index (χ3n) is 11.0. The fourth-order valence-corrected chi connectivity index (χ4v) is 7.86. The Morgan fingerprint density at radius 3 is 2.20 bits per heavy atom. The van der Waals surface area contributed by atoms with Crippen LogP contribution in [0, 0.1) is 6.92 Å². The van der Waals surface area contributed by atoms with Crippen molar-refractivity contribution in [3.8, 4) is 0 Å². The second-order valence-corrected chi connectivity index (χ2v) is 15.2. The summed E-state index contributed by atoms with van der Waals surface area (Å²) in [5.74, 6) is 0.867. The van der Waals surface area contributed by atoms with Crippen molar-refractivity contribution in [1.82, 2.24) is 15.2 Å². The Kier molecular flexibility index (Phi) is 11.9. The number of benzene rings is 5. The lowest BCUT2D eigenvalue weighted by atomic mass is 9.96. The number of aliphatic imine (C=N–C) groups is 3. The Morgan fingerprint density at radius 2 is 1.49 bits per heavy atom. The minimum Gasteiger partial charge on any atom is -0.378 e. The molecule has 6 heteroatoms. The lowest BCUT2D eigenvalue weighted by molar-refractivity contribution is 0.788. The van der Waals surface area contributed by atoms with E-state index >= 15 is 0 Å². The molecule has 9 rings (SSSR count). The van der Waals surface area contributed by atoms with E-state index in [2.05, 4.69) is 151 Å². The first kappa shape index (κ1) is 38.8. The molecule has 6 aromatic rings. The fourth-order valence-electron chi connectivity index (χ4n) is 7.86. The summed E-state index contributed by atoms with van der Waals surface area (Å²) in [6, 6.07) is 47.6. The molecule has 0 bridgehead atoms. The van der Waals surface area contributed by atoms with Crippen LogP contribution in [0.2, 0.25) is 0 Å². The molecule has 1 aromatic heterocycles. The van der Waals surface area contributed by atoms with E-state index in [0.29, 0.717) is 6.54 Å². The van der Waals surface area contributed by atoms with Gasteiger partial charge in [-0.05, 0) is 98.3 Å². The van der Waals surface area contributed by atoms with Crippen LogP contribution in [0.15, 0.2) is 196 Å². The van der Waals surface area contributed by atoms with Gasteiger partial charge in [-0.25, -0.2) is 0 Å². The zero-order chi connectivity index (χ0) is 40.6. The van der Waals surface area contributed by atoms with Gasteiger partial charge in [-0.2, -0.15) is 0 Å². The molecule has 0 spiro atoms. The second-order valence-electron chi connectivity index (χ2n) is 15.2. The number of dihydropyridines is 1. The minimum atomic E-state index is -0.126. The molecule has 3 aliphatic rings. The Labute approximate surface area is 348 Å². The van der Waals surface area contributed by atoms with Crippen LogP contribution in [0.5, 0.6) is 0 Å². The van der Waals surface area contributed by atoms with Crippen molar-refractivity contribution in [3.05, 3.63) is 220 Å². The van der Waals surface area contributed by atoms with Crippen molar-refractivity contribution in [2.24, 2.45) is 22.0 Å². The first-order valence-electron chi connectivity index (χ1n) is 20.3. The van der Waals surface area contributed by atoms with Gasteiger partial charge in [0.25, 0.3) is 0 Å². The van der Waals surface area contributed by atoms with E-state index < -0.39 is 0 Å². The van der Waals surface area contributed by atoms with Gasteiger partial charge in [-0.1, -0.05) is 145 Å². The highest BCUT2D eigenvalue weighted by atomic mass is 15.1. The van der Waals surface area contributed by atoms with E-state index in [1.807, 2.05) is 72.9 Å². The monoisotopic (exact) mass is 770 g/mol. The standard InChI is InChI=1S/C38H33N5.C15H17N/c1-39-33(29-14-6-2-7-15-29)25-34(30-16-8-3-9-17-30)41-27-28-22-23-40-37(24-28)38-42-35(31-18-10-4-11-19-31)26-36(43-38)32-20-12-5-13-21-32;1-10-4-6-14-12(8-10)13-9-11(2)5-7-15(13)16(14)3/h2-26,35,37,40H,1,27H2,(H,42,43);4,6,8-9H,5,7H2,1-3H3/b33-25-,41-34?;. The number of aromatic nitrogens is 1. The normalized spacial score (nSPS) is 17.5. The summed E-state index contributed by atoms with van der Waals surface area (Å²) in [7, 11) is 2.19. The number of nitrogens with zero attached hydrogens (tertiary/aromatic N) is 4. The van der Waals surface area contributed by atoms with E-state index in [9.17, 15) is 0 Å². The van der Waals surface area contributed by atoms with E-state index in [0.717, 1.165) is 50.8 Å². The molecule has 0 amide bonds. The smallest absolute Gasteiger partial charge is 0.129 e. The molecule has 2 atom stereocenters. The molecule has 292 valence electrons. The average molecular weight is 771 g/mol. The van der Waals surface area contributed by atoms with Gasteiger partial charge < -0.3 is 15.2 Å². The summed E-state index contributed by atoms with van der Waals surface area (Å²) < 4.78 is 2.35. The Hall–Kier alpha value is -7.05. The van der Waals surface area contributed by atoms with E-state index in [1.54, 1.807) is 0 Å². The van der Waals surface area contributed by atoms with Crippen LogP contribution in [0.1, 0.15) is 58.5 Å². The van der Waals surface area contributed by atoms with Crippen molar-refractivity contribution in [3.63, 3.8) is 0 Å². The van der Waals surface area contributed by atoms with E-state index in [1.165, 1.54) is 46.1 Å². The number of hydrogen-bond acceptors (Lipinski definition) is 5. The van der Waals surface area contributed by atoms with Crippen molar-refractivity contribution in [2.75, 3.05) is 6.54 Å². The van der Waals surface area contributed by atoms with Crippen LogP contribution in [0.4, 0.5) is 0 Å². The van der Waals surface area contributed by atoms with Crippen LogP contribution < -0.4 is 10.6 Å². The minimum absolute atomic E-state index is 0.0899. The number of fused-ring (bicyclic) bond motifs is 3. The van der Waals surface area contributed by atoms with Crippen molar-refractivity contribution in [2.45, 2.75) is 38.8 Å². The highest BCUT2D eigenvalue weighted by Crippen LogP contribution is 2.33. The zero-order valence-corrected chi connectivity index (χ0v) is 34.0. The topological polar surface area (TPSA) is 66.1 Å². The Balaban J connectivity index is 0.000000251. The van der Waals surface area contributed by atoms with Gasteiger partial charge in [0, 0.05) is 40.5 Å². The van der Waals surface area contributed by atoms with Crippen molar-refractivity contribution >= 4 is 46.6 Å². The number of aryl methyl sites for hydroxylation is 2. The SMILES string of the molecule is C=N/C(=C\C(=NCC1=CC(C2=NC(c3ccccc3)C=C(c3ccccc3)N2)NC=C1)c1ccccc1)c1ccccc1.CC1=Cc2c(n(C)c3ccc(C)cc23)CC1. The van der Waals surface area contributed by atoms with Gasteiger partial charge in [0.05, 0.1) is 24.0 Å². The summed E-state index contributed by atoms with van der Waals surface area (Å²) >= 11 is 0. The second kappa shape index (κ2) is 18.0. The van der Waals surface area contributed by atoms with Gasteiger partial charge in [-0.3, -0.25) is 15.0 Å². The van der Waals surface area contributed by atoms with Crippen LogP contribution in [0.25, 0.3) is 28.4 Å². The number of allylic oxidation sites excluding steroid dienone is 2. The Bertz CT molecular complexity index is 2660. The molecule has 2 unspecified atom stereocenters. The molecule has 5 aromatic carbocycles. The molecule has 1 aliphatic carbocycles. The number of hydrogen-bond donors (Lipinski definition) is 2. The maximum atomic E-state index is 5.14. The first-order valence-corrected chi connectivity index (χ1v) is 20.3. The summed E-state index contributed by atoms with van der Waals surface area (Å²) in [6.07, 6.45) is 15.2. The molecular weight excluding hydrogens is 721 g/mol. The maximum absolute atomic E-state index is 5.14. The van der Waals surface area contributed by atoms with Crippen LogP contribution >= 0.6 is 0 Å². The van der Waals surface area contributed by atoms with Gasteiger partial charge in [0.15, 0.2) is 0 Å². The summed E-state index contributed by atoms with van der Waals surface area (Å²) in [6.45, 7) is 8.73. The summed E-state index contributed by atoms with van der Waals surface area (Å²) in [5, 5.41) is 8.51. The molecule has 59 heavy (non-hydrogen) atoms. The molecule has 0 saturated carbocycles. The third-order valence-corrected chi connectivity index (χ3v) is 11.0. The number of rotatable bonds is 9. The van der Waals surface area contributed by atoms with Crippen molar-refractivity contribution < 1.29 is 0 Å². The molecule has 0 saturated heterocycles. The lowest BCUT2D eigenvalue weighted by Crippen LogP contribution is -2.43. The highest BCUT2D eigenvalue weighted by molar-refractivity contribution is 6.12. The molecule has 2 N–H and O–H groups in total. The molecule has 6 nitrogen and oxygen atoms in total. The Morgan fingerprint density at radius 1 is 0.814 bits per heavy atom. The van der Waals surface area contributed by atoms with Crippen LogP contribution in [-0.4, -0.2) is 35.4 Å². The van der Waals surface area contributed by atoms with Gasteiger partial charge in [0.1, 0.15) is 11.9 Å². The molecule has 0 radical (unpaired) electrons. The quantitative estimate of drug-likeness (QED) is 0.144. The predicted molar refractivity (Wildman–Crippen MR) is 250 cm³/mol. The number of nitrogens with one attached hydrogen (secondary N) is 2. The van der Waals surface area contributed by atoms with Gasteiger partial charge in [-0.15, -0.1) is 0 Å². The first-order chi connectivity index (χ1) is 28.9. The molecular formula is C53H50N6. The summed E-state index contributed by atoms with van der Waals surface area (Å²) in [5.41, 5.74) is 15.2. The molecule has 2 aliphatic heterocycles. The largest absolute Gasteiger partial charge is 0.378 e. The molecule has 0 fully saturated rings. The van der Waals surface area contributed by atoms with Crippen LogP contribution in [-0.2, 0) is 13.5 Å². The lowest BCUT2D eigenvalue weighted by Gasteiger charge is -2.28.